The smallest absolute Gasteiger partial charge is 0.239 e. The van der Waals surface area contributed by atoms with Crippen LogP contribution in [-0.2, 0) is 9.59 Å². The number of aliphatic hydroxyl groups is 1. The number of amides is 2. The molecular weight excluding hydrogens is 256 g/mol. The minimum Gasteiger partial charge on any atom is -0.394 e. The average molecular weight is 278 g/mol. The van der Waals surface area contributed by atoms with E-state index >= 15 is 0 Å². The highest BCUT2D eigenvalue weighted by molar-refractivity contribution is 5.87. The summed E-state index contributed by atoms with van der Waals surface area (Å²) in [7, 11) is 0. The van der Waals surface area contributed by atoms with Crippen molar-refractivity contribution in [3.8, 4) is 0 Å². The van der Waals surface area contributed by atoms with Gasteiger partial charge in [-0.3, -0.25) is 9.59 Å². The molecule has 0 aliphatic rings. The molecule has 1 aromatic carbocycles. The Kier molecular flexibility index (Phi) is 5.70. The molecule has 1 atom stereocenters. The second kappa shape index (κ2) is 7.05. The average Bonchev–Trinajstić information content (AvgIpc) is 2.42. The van der Waals surface area contributed by atoms with Crippen LogP contribution in [-0.4, -0.2) is 30.1 Å². The molecule has 5 nitrogen and oxygen atoms in total. The van der Waals surface area contributed by atoms with Crippen LogP contribution in [0.25, 0.3) is 0 Å². The molecule has 3 N–H and O–H groups in total. The molecule has 0 radical (unpaired) electrons. The van der Waals surface area contributed by atoms with Crippen LogP contribution in [0.3, 0.4) is 0 Å². The first-order valence-electron chi connectivity index (χ1n) is 6.58. The molecule has 0 aliphatic heterocycles. The SMILES string of the molecule is CC(C)(C)C(=O)NCC(=O)N[C@H](CO)c1ccccc1. The molecular formula is C15H22N2O3. The number of nitrogens with one attached hydrogen (secondary N) is 2. The van der Waals surface area contributed by atoms with Gasteiger partial charge < -0.3 is 15.7 Å². The third-order valence-corrected chi connectivity index (χ3v) is 2.81. The van der Waals surface area contributed by atoms with Crippen LogP contribution in [0.15, 0.2) is 30.3 Å². The van der Waals surface area contributed by atoms with Gasteiger partial charge in [0.1, 0.15) is 0 Å². The summed E-state index contributed by atoms with van der Waals surface area (Å²) in [5, 5.41) is 14.6. The Morgan fingerprint density at radius 3 is 2.30 bits per heavy atom. The van der Waals surface area contributed by atoms with E-state index in [0.717, 1.165) is 5.56 Å². The van der Waals surface area contributed by atoms with E-state index < -0.39 is 11.5 Å². The summed E-state index contributed by atoms with van der Waals surface area (Å²) < 4.78 is 0. The number of hydrogen-bond acceptors (Lipinski definition) is 3. The lowest BCUT2D eigenvalue weighted by atomic mass is 9.96. The molecule has 0 saturated carbocycles. The van der Waals surface area contributed by atoms with Gasteiger partial charge in [-0.15, -0.1) is 0 Å². The highest BCUT2D eigenvalue weighted by atomic mass is 16.3. The van der Waals surface area contributed by atoms with Crippen molar-refractivity contribution >= 4 is 11.8 Å². The summed E-state index contributed by atoms with van der Waals surface area (Å²) in [5.74, 6) is -0.515. The first-order chi connectivity index (χ1) is 9.34. The molecule has 1 rings (SSSR count). The third-order valence-electron chi connectivity index (χ3n) is 2.81. The predicted molar refractivity (Wildman–Crippen MR) is 76.9 cm³/mol. The van der Waals surface area contributed by atoms with Crippen molar-refractivity contribution in [1.29, 1.82) is 0 Å². The van der Waals surface area contributed by atoms with E-state index in [4.69, 9.17) is 0 Å². The molecule has 0 aromatic heterocycles. The van der Waals surface area contributed by atoms with E-state index in [-0.39, 0.29) is 25.0 Å². The summed E-state index contributed by atoms with van der Waals surface area (Å²) in [6.07, 6.45) is 0. The molecule has 0 saturated heterocycles. The van der Waals surface area contributed by atoms with Crippen molar-refractivity contribution in [2.45, 2.75) is 26.8 Å². The fourth-order valence-corrected chi connectivity index (χ4v) is 1.59. The Balaban J connectivity index is 2.51. The Bertz CT molecular complexity index is 452. The molecule has 0 heterocycles. The summed E-state index contributed by atoms with van der Waals surface area (Å²) in [6.45, 7) is 5.05. The molecule has 2 amide bonds. The largest absolute Gasteiger partial charge is 0.394 e. The maximum absolute atomic E-state index is 11.8. The highest BCUT2D eigenvalue weighted by Crippen LogP contribution is 2.13. The quantitative estimate of drug-likeness (QED) is 0.752. The van der Waals surface area contributed by atoms with Crippen molar-refractivity contribution in [2.24, 2.45) is 5.41 Å². The van der Waals surface area contributed by atoms with Gasteiger partial charge in [0.05, 0.1) is 19.2 Å². The highest BCUT2D eigenvalue weighted by Gasteiger charge is 2.22. The van der Waals surface area contributed by atoms with Crippen LogP contribution in [0.1, 0.15) is 32.4 Å². The monoisotopic (exact) mass is 278 g/mol. The normalized spacial score (nSPS) is 12.6. The molecule has 5 heteroatoms. The molecule has 20 heavy (non-hydrogen) atoms. The van der Waals surface area contributed by atoms with Gasteiger partial charge in [0.2, 0.25) is 11.8 Å². The van der Waals surface area contributed by atoms with Crippen LogP contribution in [0, 0.1) is 5.41 Å². The molecule has 110 valence electrons. The van der Waals surface area contributed by atoms with Gasteiger partial charge in [0.25, 0.3) is 0 Å². The zero-order chi connectivity index (χ0) is 15.2. The Morgan fingerprint density at radius 2 is 1.80 bits per heavy atom. The molecule has 0 spiro atoms. The lowest BCUT2D eigenvalue weighted by Crippen LogP contribution is -2.43. The van der Waals surface area contributed by atoms with Crippen LogP contribution < -0.4 is 10.6 Å². The second-order valence-corrected chi connectivity index (χ2v) is 5.65. The number of carbonyl (C=O) groups is 2. The zero-order valence-corrected chi connectivity index (χ0v) is 12.1. The minimum atomic E-state index is -0.532. The van der Waals surface area contributed by atoms with Gasteiger partial charge in [0.15, 0.2) is 0 Å². The number of aliphatic hydroxyl groups excluding tert-OH is 1. The van der Waals surface area contributed by atoms with Crippen LogP contribution >= 0.6 is 0 Å². The summed E-state index contributed by atoms with van der Waals surface area (Å²) in [5.41, 5.74) is 0.293. The van der Waals surface area contributed by atoms with E-state index in [1.54, 1.807) is 20.8 Å². The molecule has 0 unspecified atom stereocenters. The van der Waals surface area contributed by atoms with Crippen molar-refractivity contribution in [3.05, 3.63) is 35.9 Å². The lowest BCUT2D eigenvalue weighted by Gasteiger charge is -2.19. The third kappa shape index (κ3) is 5.01. The zero-order valence-electron chi connectivity index (χ0n) is 12.1. The van der Waals surface area contributed by atoms with Gasteiger partial charge >= 0.3 is 0 Å². The van der Waals surface area contributed by atoms with Gasteiger partial charge in [-0.2, -0.15) is 0 Å². The first kappa shape index (κ1) is 16.2. The fraction of sp³-hybridized carbons (Fsp3) is 0.467. The topological polar surface area (TPSA) is 78.4 Å². The Labute approximate surface area is 119 Å². The van der Waals surface area contributed by atoms with E-state index in [1.165, 1.54) is 0 Å². The Hall–Kier alpha value is -1.88. The van der Waals surface area contributed by atoms with Crippen LogP contribution in [0.4, 0.5) is 0 Å². The Morgan fingerprint density at radius 1 is 1.20 bits per heavy atom. The maximum Gasteiger partial charge on any atom is 0.239 e. The van der Waals surface area contributed by atoms with Crippen LogP contribution in [0.5, 0.6) is 0 Å². The number of rotatable bonds is 5. The van der Waals surface area contributed by atoms with Gasteiger partial charge in [-0.05, 0) is 5.56 Å². The van der Waals surface area contributed by atoms with Gasteiger partial charge in [-0.1, -0.05) is 51.1 Å². The predicted octanol–water partition coefficient (Wildman–Crippen LogP) is 0.998. The second-order valence-electron chi connectivity index (χ2n) is 5.65. The number of benzene rings is 1. The van der Waals surface area contributed by atoms with E-state index in [9.17, 15) is 14.7 Å². The van der Waals surface area contributed by atoms with Crippen molar-refractivity contribution in [1.82, 2.24) is 10.6 Å². The van der Waals surface area contributed by atoms with E-state index in [2.05, 4.69) is 10.6 Å². The minimum absolute atomic E-state index is 0.0978. The summed E-state index contributed by atoms with van der Waals surface area (Å²) in [6, 6.07) is 8.74. The van der Waals surface area contributed by atoms with Crippen LogP contribution in [0.2, 0.25) is 0 Å². The van der Waals surface area contributed by atoms with Crippen molar-refractivity contribution in [3.63, 3.8) is 0 Å². The summed E-state index contributed by atoms with van der Waals surface area (Å²) >= 11 is 0. The van der Waals surface area contributed by atoms with E-state index in [1.807, 2.05) is 30.3 Å². The first-order valence-corrected chi connectivity index (χ1v) is 6.58. The fourth-order valence-electron chi connectivity index (χ4n) is 1.59. The number of carbonyl (C=O) groups excluding carboxylic acids is 2. The summed E-state index contributed by atoms with van der Waals surface area (Å²) in [4.78, 5) is 23.4. The van der Waals surface area contributed by atoms with Gasteiger partial charge in [-0.25, -0.2) is 0 Å². The molecule has 0 fully saturated rings. The van der Waals surface area contributed by atoms with E-state index in [0.29, 0.717) is 0 Å². The number of hydrogen-bond donors (Lipinski definition) is 3. The lowest BCUT2D eigenvalue weighted by molar-refractivity contribution is -0.131. The molecule has 1 aromatic rings. The van der Waals surface area contributed by atoms with Gasteiger partial charge in [0, 0.05) is 5.41 Å². The standard InChI is InChI=1S/C15H22N2O3/c1-15(2,3)14(20)16-9-13(19)17-12(10-18)11-7-5-4-6-8-11/h4-8,12,18H,9-10H2,1-3H3,(H,16,20)(H,17,19)/t12-/m1/s1. The maximum atomic E-state index is 11.8. The van der Waals surface area contributed by atoms with Crippen molar-refractivity contribution < 1.29 is 14.7 Å². The van der Waals surface area contributed by atoms with Crippen molar-refractivity contribution in [2.75, 3.05) is 13.2 Å². The molecule has 0 aliphatic carbocycles. The molecule has 0 bridgehead atoms.